The second-order valence-electron chi connectivity index (χ2n) is 13.7. The highest BCUT2D eigenvalue weighted by molar-refractivity contribution is 7.23. The summed E-state index contributed by atoms with van der Waals surface area (Å²) in [5.41, 5.74) is 9.23. The van der Waals surface area contributed by atoms with Crippen LogP contribution >= 0.6 is 11.3 Å². The lowest BCUT2D eigenvalue weighted by atomic mass is 9.91. The van der Waals surface area contributed by atoms with Crippen molar-refractivity contribution in [3.63, 3.8) is 0 Å². The Labute approximate surface area is 302 Å². The van der Waals surface area contributed by atoms with Crippen molar-refractivity contribution in [2.45, 2.75) is 57.0 Å². The van der Waals surface area contributed by atoms with Crippen LogP contribution in [0.25, 0.3) is 32.1 Å². The van der Waals surface area contributed by atoms with Gasteiger partial charge in [0, 0.05) is 35.7 Å². The van der Waals surface area contributed by atoms with Crippen LogP contribution in [0, 0.1) is 29.9 Å². The molecule has 3 aliphatic rings. The number of benzene rings is 2. The van der Waals surface area contributed by atoms with Gasteiger partial charge in [-0.15, -0.1) is 11.3 Å². The molecule has 0 bridgehead atoms. The number of nitrogen functional groups attached to an aromatic ring is 2. The highest BCUT2D eigenvalue weighted by Crippen LogP contribution is 2.54. The Morgan fingerprint density at radius 2 is 1.96 bits per heavy atom. The third kappa shape index (κ3) is 5.44. The molecule has 4 N–H and O–H groups in total. The van der Waals surface area contributed by atoms with Crippen molar-refractivity contribution in [2.75, 3.05) is 49.2 Å². The van der Waals surface area contributed by atoms with Crippen LogP contribution in [0.3, 0.4) is 0 Å². The second kappa shape index (κ2) is 12.5. The molecule has 0 amide bonds. The zero-order valence-corrected chi connectivity index (χ0v) is 29.3. The Morgan fingerprint density at radius 1 is 1.17 bits per heavy atom. The normalized spacial score (nSPS) is 20.7. The fraction of sp³-hybridized carbons (Fsp3) is 0.389. The number of nitrogens with two attached hydrogens (primary N) is 2. The van der Waals surface area contributed by atoms with Crippen molar-refractivity contribution in [3.05, 3.63) is 58.3 Å². The van der Waals surface area contributed by atoms with Gasteiger partial charge < -0.3 is 25.8 Å². The number of hydrogen-bond acceptors (Lipinski definition) is 11. The van der Waals surface area contributed by atoms with Crippen molar-refractivity contribution < 1.29 is 35.8 Å². The van der Waals surface area contributed by atoms with E-state index in [0.717, 1.165) is 24.1 Å². The van der Waals surface area contributed by atoms with E-state index < -0.39 is 63.5 Å². The molecule has 3 atom stereocenters. The minimum atomic E-state index is -5.23. The number of ether oxygens (including phenoxy) is 2. The van der Waals surface area contributed by atoms with Gasteiger partial charge in [-0.1, -0.05) is 6.07 Å². The van der Waals surface area contributed by atoms with E-state index in [4.69, 9.17) is 20.9 Å². The summed E-state index contributed by atoms with van der Waals surface area (Å²) in [6.45, 7) is 4.13. The maximum absolute atomic E-state index is 17.4. The predicted octanol–water partition coefficient (Wildman–Crippen LogP) is 7.46. The maximum atomic E-state index is 17.4. The Kier molecular flexibility index (Phi) is 8.26. The zero-order chi connectivity index (χ0) is 37.6. The zero-order valence-electron chi connectivity index (χ0n) is 28.5. The summed E-state index contributed by atoms with van der Waals surface area (Å²) in [4.78, 5) is 16.9. The van der Waals surface area contributed by atoms with Crippen LogP contribution in [0.4, 0.5) is 43.0 Å². The average Bonchev–Trinajstić information content (AvgIpc) is 3.70. The van der Waals surface area contributed by atoms with E-state index in [1.54, 1.807) is 17.9 Å². The molecule has 0 radical (unpaired) electrons. The molecule has 0 saturated carbocycles. The maximum Gasteiger partial charge on any atom is 0.420 e. The van der Waals surface area contributed by atoms with Crippen molar-refractivity contribution in [1.82, 2.24) is 19.9 Å². The van der Waals surface area contributed by atoms with Gasteiger partial charge in [-0.2, -0.15) is 28.4 Å². The fourth-order valence-electron chi connectivity index (χ4n) is 8.38. The third-order valence-corrected chi connectivity index (χ3v) is 11.7. The van der Waals surface area contributed by atoms with E-state index in [-0.39, 0.29) is 76.4 Å². The SMILES string of the molecule is Cc1ccnc(N)c1[C@@H](C)N1CCOc2c(C(F)(F)F)c(-c3ccc(F)c4sc(N)c(C#N)c34)c(F)c3nc(OC[C@@]45CCCN4C[C@H](F)C5)nc1c23. The first-order valence-corrected chi connectivity index (χ1v) is 17.7. The van der Waals surface area contributed by atoms with E-state index in [9.17, 15) is 9.65 Å². The summed E-state index contributed by atoms with van der Waals surface area (Å²) in [6, 6.07) is 4.45. The predicted molar refractivity (Wildman–Crippen MR) is 188 cm³/mol. The number of alkyl halides is 4. The van der Waals surface area contributed by atoms with Crippen LogP contribution in [-0.2, 0) is 6.18 Å². The highest BCUT2D eigenvalue weighted by atomic mass is 32.1. The molecule has 8 rings (SSSR count). The number of pyridine rings is 1. The summed E-state index contributed by atoms with van der Waals surface area (Å²) < 4.78 is 105. The molecule has 6 heterocycles. The van der Waals surface area contributed by atoms with Gasteiger partial charge in [-0.25, -0.2) is 18.2 Å². The molecule has 2 aromatic carbocycles. The van der Waals surface area contributed by atoms with Gasteiger partial charge >= 0.3 is 12.2 Å². The molecular weight excluding hydrogens is 723 g/mol. The number of fused-ring (bicyclic) bond motifs is 2. The molecule has 3 aromatic heterocycles. The number of anilines is 3. The molecule has 17 heteroatoms. The average molecular weight is 755 g/mol. The summed E-state index contributed by atoms with van der Waals surface area (Å²) >= 11 is 0.667. The van der Waals surface area contributed by atoms with E-state index in [1.165, 1.54) is 6.20 Å². The first-order chi connectivity index (χ1) is 25.2. The Hall–Kier alpha value is -5.08. The van der Waals surface area contributed by atoms with Gasteiger partial charge in [0.25, 0.3) is 0 Å². The van der Waals surface area contributed by atoms with Gasteiger partial charge in [-0.05, 0) is 56.5 Å². The molecule has 3 aliphatic heterocycles. The molecular formula is C36H32F6N8O2S. The van der Waals surface area contributed by atoms with E-state index in [2.05, 4.69) is 15.0 Å². The molecule has 0 unspecified atom stereocenters. The Balaban J connectivity index is 1.42. The summed E-state index contributed by atoms with van der Waals surface area (Å²) in [5.74, 6) is -2.93. The number of thiophene rings is 1. The molecule has 2 fully saturated rings. The number of hydrogen-bond donors (Lipinski definition) is 2. The minimum Gasteiger partial charge on any atom is -0.490 e. The minimum absolute atomic E-state index is 0.0227. The van der Waals surface area contributed by atoms with Crippen LogP contribution in [0.15, 0.2) is 24.4 Å². The van der Waals surface area contributed by atoms with Crippen LogP contribution in [0.2, 0.25) is 0 Å². The highest BCUT2D eigenvalue weighted by Gasteiger charge is 2.50. The molecule has 276 valence electrons. The second-order valence-corrected chi connectivity index (χ2v) is 14.8. The standard InChI is InChI=1S/C36H32F6N8O2S/c1-16-6-8-46-31(44)22(16)17(2)50-10-11-51-29-25-28(47-34(48-33(25)50)52-15-35-7-3-9-49(35)14-18(37)12-35)27(39)24(26(29)36(40,41)42)19-4-5-21(38)30-23(19)20(13-43)32(45)53-30/h4-6,8,17-18H,3,7,9-12,14-15,45H2,1-2H3,(H2,44,46)/t17-,18-,35+/m1/s1. The summed E-state index contributed by atoms with van der Waals surface area (Å²) in [5, 5.41) is 9.15. The van der Waals surface area contributed by atoms with Crippen molar-refractivity contribution >= 4 is 49.0 Å². The molecule has 5 aromatic rings. The van der Waals surface area contributed by atoms with Gasteiger partial charge in [0.2, 0.25) is 0 Å². The lowest BCUT2D eigenvalue weighted by Crippen LogP contribution is -2.43. The Bertz CT molecular complexity index is 2340. The van der Waals surface area contributed by atoms with Gasteiger partial charge in [0.1, 0.15) is 64.7 Å². The number of halogens is 6. The molecule has 10 nitrogen and oxygen atoms in total. The lowest BCUT2D eigenvalue weighted by Gasteiger charge is -2.32. The third-order valence-electron chi connectivity index (χ3n) is 10.7. The van der Waals surface area contributed by atoms with Crippen molar-refractivity contribution in [2.24, 2.45) is 0 Å². The fourth-order valence-corrected chi connectivity index (χ4v) is 9.33. The number of rotatable bonds is 6. The number of nitriles is 1. The van der Waals surface area contributed by atoms with Crippen LogP contribution in [0.1, 0.15) is 54.5 Å². The van der Waals surface area contributed by atoms with Gasteiger partial charge in [-0.3, -0.25) is 4.90 Å². The Morgan fingerprint density at radius 3 is 2.70 bits per heavy atom. The molecule has 53 heavy (non-hydrogen) atoms. The number of aromatic nitrogens is 3. The quantitative estimate of drug-likeness (QED) is 0.168. The first kappa shape index (κ1) is 35.0. The van der Waals surface area contributed by atoms with Crippen molar-refractivity contribution in [1.29, 1.82) is 5.26 Å². The van der Waals surface area contributed by atoms with Crippen LogP contribution in [-0.4, -0.2) is 64.4 Å². The van der Waals surface area contributed by atoms with Crippen molar-refractivity contribution in [3.8, 4) is 29.0 Å². The number of aryl methyl sites for hydroxylation is 1. The lowest BCUT2D eigenvalue weighted by molar-refractivity contribution is -0.138. The monoisotopic (exact) mass is 754 g/mol. The summed E-state index contributed by atoms with van der Waals surface area (Å²) in [6.07, 6.45) is -3.09. The van der Waals surface area contributed by atoms with Crippen LogP contribution < -0.4 is 25.8 Å². The smallest absolute Gasteiger partial charge is 0.420 e. The molecule has 0 spiro atoms. The van der Waals surface area contributed by atoms with Gasteiger partial charge in [0.05, 0.1) is 33.8 Å². The summed E-state index contributed by atoms with van der Waals surface area (Å²) in [7, 11) is 0. The van der Waals surface area contributed by atoms with E-state index in [1.807, 2.05) is 17.9 Å². The topological polar surface area (TPSA) is 139 Å². The van der Waals surface area contributed by atoms with E-state index in [0.29, 0.717) is 29.9 Å². The van der Waals surface area contributed by atoms with Crippen LogP contribution in [0.5, 0.6) is 11.8 Å². The molecule has 0 aliphatic carbocycles. The van der Waals surface area contributed by atoms with Gasteiger partial charge in [0.15, 0.2) is 5.82 Å². The largest absolute Gasteiger partial charge is 0.490 e. The number of nitrogens with zero attached hydrogens (tertiary/aromatic N) is 6. The van der Waals surface area contributed by atoms with E-state index >= 15 is 22.0 Å². The molecule has 2 saturated heterocycles. The first-order valence-electron chi connectivity index (χ1n) is 16.9.